The molecule has 0 aromatic carbocycles. The predicted octanol–water partition coefficient (Wildman–Crippen LogP) is 2.57. The number of aromatic carboxylic acids is 1. The zero-order chi connectivity index (χ0) is 26.5. The van der Waals surface area contributed by atoms with Crippen LogP contribution in [-0.2, 0) is 22.6 Å². The highest BCUT2D eigenvalue weighted by Gasteiger charge is 2.23. The van der Waals surface area contributed by atoms with Gasteiger partial charge in [-0.3, -0.25) is 9.80 Å². The highest BCUT2D eigenvalue weighted by molar-refractivity contribution is 7.17. The maximum atomic E-state index is 11.1. The zero-order valence-corrected chi connectivity index (χ0v) is 22.5. The molecule has 38 heavy (non-hydrogen) atoms. The van der Waals surface area contributed by atoms with Gasteiger partial charge in [-0.1, -0.05) is 11.3 Å². The highest BCUT2D eigenvalue weighted by atomic mass is 35.5. The largest absolute Gasteiger partial charge is 0.477 e. The molecule has 0 radical (unpaired) electrons. The van der Waals surface area contributed by atoms with E-state index in [1.807, 2.05) is 6.07 Å². The van der Waals surface area contributed by atoms with Gasteiger partial charge in [-0.15, -0.1) is 0 Å². The molecule has 3 aromatic rings. The first-order valence-electron chi connectivity index (χ1n) is 11.8. The van der Waals surface area contributed by atoms with Crippen molar-refractivity contribution < 1.29 is 19.4 Å². The third-order valence-electron chi connectivity index (χ3n) is 5.79. The molecule has 0 amide bonds. The van der Waals surface area contributed by atoms with Gasteiger partial charge in [-0.2, -0.15) is 0 Å². The van der Waals surface area contributed by atoms with Gasteiger partial charge in [0, 0.05) is 51.4 Å². The molecular formula is C22H25Cl2N9O4S. The lowest BCUT2D eigenvalue weighted by Crippen LogP contribution is -2.45. The number of carbonyl (C=O) groups is 1. The summed E-state index contributed by atoms with van der Waals surface area (Å²) >= 11 is 13.4. The lowest BCUT2D eigenvalue weighted by molar-refractivity contribution is -0.0169. The summed E-state index contributed by atoms with van der Waals surface area (Å²) in [5, 5.41) is 16.1. The Labute approximate surface area is 232 Å². The van der Waals surface area contributed by atoms with Crippen molar-refractivity contribution in [2.45, 2.75) is 19.3 Å². The number of thiazole rings is 1. The van der Waals surface area contributed by atoms with Crippen molar-refractivity contribution in [2.75, 3.05) is 56.6 Å². The van der Waals surface area contributed by atoms with Crippen molar-refractivity contribution in [1.29, 1.82) is 0 Å². The quantitative estimate of drug-likeness (QED) is 0.318. The molecule has 13 nitrogen and oxygen atoms in total. The van der Waals surface area contributed by atoms with E-state index in [1.54, 1.807) is 6.07 Å². The minimum Gasteiger partial charge on any atom is -0.477 e. The average Bonchev–Trinajstić information content (AvgIpc) is 3.33. The van der Waals surface area contributed by atoms with Gasteiger partial charge in [-0.05, 0) is 23.2 Å². The van der Waals surface area contributed by atoms with Crippen LogP contribution in [0.5, 0.6) is 0 Å². The van der Waals surface area contributed by atoms with Gasteiger partial charge < -0.3 is 25.2 Å². The molecule has 2 saturated heterocycles. The number of hydrogen-bond donors (Lipinski definition) is 3. The molecule has 0 bridgehead atoms. The Morgan fingerprint density at radius 2 is 1.66 bits per heavy atom. The number of hydrogen-bond acceptors (Lipinski definition) is 13. The molecular weight excluding hydrogens is 557 g/mol. The summed E-state index contributed by atoms with van der Waals surface area (Å²) in [6.45, 7) is 6.07. The fraction of sp³-hybridized carbons (Fsp3) is 0.455. The first kappa shape index (κ1) is 26.9. The van der Waals surface area contributed by atoms with E-state index in [0.717, 1.165) is 30.1 Å². The van der Waals surface area contributed by atoms with Crippen molar-refractivity contribution in [3.05, 3.63) is 45.2 Å². The second kappa shape index (κ2) is 12.4. The van der Waals surface area contributed by atoms with Gasteiger partial charge in [0.15, 0.2) is 5.13 Å². The van der Waals surface area contributed by atoms with Crippen molar-refractivity contribution in [3.8, 4) is 0 Å². The van der Waals surface area contributed by atoms with E-state index >= 15 is 0 Å². The summed E-state index contributed by atoms with van der Waals surface area (Å²) < 4.78 is 11.3. The summed E-state index contributed by atoms with van der Waals surface area (Å²) in [4.78, 5) is 36.9. The number of carboxylic acids is 1. The molecule has 0 aliphatic carbocycles. The number of ether oxygens (including phenoxy) is 2. The van der Waals surface area contributed by atoms with E-state index in [9.17, 15) is 4.79 Å². The van der Waals surface area contributed by atoms with Crippen molar-refractivity contribution in [2.24, 2.45) is 0 Å². The number of nitrogens with zero attached hydrogens (tertiary/aromatic N) is 7. The average molecular weight is 582 g/mol. The second-order valence-electron chi connectivity index (χ2n) is 8.61. The molecule has 202 valence electrons. The van der Waals surface area contributed by atoms with Crippen LogP contribution in [0.1, 0.15) is 21.1 Å². The molecule has 3 N–H and O–H groups in total. The highest BCUT2D eigenvalue weighted by Crippen LogP contribution is 2.23. The maximum Gasteiger partial charge on any atom is 0.347 e. The van der Waals surface area contributed by atoms with Gasteiger partial charge in [-0.25, -0.2) is 29.7 Å². The summed E-state index contributed by atoms with van der Waals surface area (Å²) in [6.07, 6.45) is 0.974. The lowest BCUT2D eigenvalue weighted by Gasteiger charge is -2.33. The molecule has 1 atom stereocenters. The standard InChI is InChI=1S/C22H25Cl2N9O4S/c23-20-26-13(10-32-1-4-36-5-2-32)7-16(29-20)28-18-12-33(3-6-37-18)11-14-8-17(30-21(24)27-14)31-22-25-9-15(38-22)19(34)35/h7-9,18H,1-6,10-12H2,(H,34,35)(H,26,28,29)(H,25,27,30,31). The number of rotatable bonds is 9. The molecule has 1 unspecified atom stereocenters. The topological polar surface area (TPSA) is 151 Å². The van der Waals surface area contributed by atoms with E-state index in [4.69, 9.17) is 37.8 Å². The molecule has 2 fully saturated rings. The number of nitrogens with one attached hydrogen (secondary N) is 2. The van der Waals surface area contributed by atoms with Crippen LogP contribution in [0.15, 0.2) is 18.3 Å². The van der Waals surface area contributed by atoms with Crippen LogP contribution >= 0.6 is 34.5 Å². The van der Waals surface area contributed by atoms with E-state index < -0.39 is 5.97 Å². The normalized spacial score (nSPS) is 18.8. The number of aromatic nitrogens is 5. The van der Waals surface area contributed by atoms with Gasteiger partial charge in [0.1, 0.15) is 22.7 Å². The van der Waals surface area contributed by atoms with E-state index in [0.29, 0.717) is 68.5 Å². The van der Waals surface area contributed by atoms with Gasteiger partial charge in [0.05, 0.1) is 37.4 Å². The molecule has 16 heteroatoms. The van der Waals surface area contributed by atoms with Crippen LogP contribution in [0.4, 0.5) is 16.8 Å². The monoisotopic (exact) mass is 581 g/mol. The number of carboxylic acid groups (broad SMARTS) is 1. The van der Waals surface area contributed by atoms with Crippen LogP contribution in [0.2, 0.25) is 10.6 Å². The number of anilines is 3. The summed E-state index contributed by atoms with van der Waals surface area (Å²) in [7, 11) is 0. The Bertz CT molecular complexity index is 1280. The minimum absolute atomic E-state index is 0.0753. The van der Waals surface area contributed by atoms with E-state index in [1.165, 1.54) is 6.20 Å². The van der Waals surface area contributed by atoms with Crippen molar-refractivity contribution in [3.63, 3.8) is 0 Å². The Morgan fingerprint density at radius 1 is 1.00 bits per heavy atom. The van der Waals surface area contributed by atoms with E-state index in [-0.39, 0.29) is 21.7 Å². The molecule has 5 rings (SSSR count). The summed E-state index contributed by atoms with van der Waals surface area (Å²) in [6, 6.07) is 3.65. The van der Waals surface area contributed by atoms with Crippen LogP contribution < -0.4 is 10.6 Å². The number of halogens is 2. The fourth-order valence-electron chi connectivity index (χ4n) is 4.09. The molecule has 2 aliphatic heterocycles. The Morgan fingerprint density at radius 3 is 2.37 bits per heavy atom. The SMILES string of the molecule is O=C(O)c1cnc(Nc2cc(CN3CCOC(Nc4cc(CN5CCOCC5)nc(Cl)n4)C3)nc(Cl)n2)s1. The number of morpholine rings is 2. The molecule has 5 heterocycles. The Kier molecular flexibility index (Phi) is 8.79. The van der Waals surface area contributed by atoms with Crippen LogP contribution in [0, 0.1) is 0 Å². The molecule has 3 aromatic heterocycles. The second-order valence-corrected chi connectivity index (χ2v) is 10.3. The van der Waals surface area contributed by atoms with Gasteiger partial charge in [0.2, 0.25) is 10.6 Å². The summed E-state index contributed by atoms with van der Waals surface area (Å²) in [5.41, 5.74) is 1.52. The molecule has 0 saturated carbocycles. The minimum atomic E-state index is -1.04. The van der Waals surface area contributed by atoms with Gasteiger partial charge >= 0.3 is 5.97 Å². The molecule has 0 spiro atoms. The summed E-state index contributed by atoms with van der Waals surface area (Å²) in [5.74, 6) is -0.0106. The third kappa shape index (κ3) is 7.44. The first-order valence-corrected chi connectivity index (χ1v) is 13.4. The van der Waals surface area contributed by atoms with E-state index in [2.05, 4.69) is 45.4 Å². The maximum absolute atomic E-state index is 11.1. The van der Waals surface area contributed by atoms with Gasteiger partial charge in [0.25, 0.3) is 0 Å². The van der Waals surface area contributed by atoms with Crippen LogP contribution in [0.3, 0.4) is 0 Å². The smallest absolute Gasteiger partial charge is 0.347 e. The zero-order valence-electron chi connectivity index (χ0n) is 20.1. The Hall–Kier alpha value is -2.72. The molecule has 2 aliphatic rings. The van der Waals surface area contributed by atoms with Crippen molar-refractivity contribution >= 4 is 57.3 Å². The Balaban J connectivity index is 1.20. The van der Waals surface area contributed by atoms with Crippen LogP contribution in [0.25, 0.3) is 0 Å². The predicted molar refractivity (Wildman–Crippen MR) is 141 cm³/mol. The lowest BCUT2D eigenvalue weighted by atomic mass is 10.3. The third-order valence-corrected chi connectivity index (χ3v) is 7.03. The van der Waals surface area contributed by atoms with Crippen molar-refractivity contribution in [1.82, 2.24) is 34.7 Å². The van der Waals surface area contributed by atoms with Crippen LogP contribution in [-0.4, -0.2) is 98.0 Å². The first-order chi connectivity index (χ1) is 18.4. The fourth-order valence-corrected chi connectivity index (χ4v) is 5.15.